The molecule has 19 heavy (non-hydrogen) atoms. The summed E-state index contributed by atoms with van der Waals surface area (Å²) in [7, 11) is -0.663. The molecule has 1 aliphatic heterocycles. The molecule has 0 aliphatic carbocycles. The zero-order chi connectivity index (χ0) is 14.6. The minimum atomic E-state index is -2.46. The summed E-state index contributed by atoms with van der Waals surface area (Å²) in [4.78, 5) is 0. The second-order valence-electron chi connectivity index (χ2n) is 5.32. The highest BCUT2D eigenvalue weighted by Crippen LogP contribution is 2.51. The summed E-state index contributed by atoms with van der Waals surface area (Å²) < 4.78 is 23.9. The first-order chi connectivity index (χ1) is 9.01. The second-order valence-corrected chi connectivity index (χ2v) is 8.60. The van der Waals surface area contributed by atoms with Gasteiger partial charge in [0.05, 0.1) is 13.2 Å². The third kappa shape index (κ3) is 2.51. The SMILES string of the molecule is CCO[Si](C)(OCC)C(CC)(OC)C1(CC)COC1. The molecular weight excluding hydrogens is 260 g/mol. The lowest BCUT2D eigenvalue weighted by Gasteiger charge is -2.58. The summed E-state index contributed by atoms with van der Waals surface area (Å²) in [6, 6.07) is 0. The fraction of sp³-hybridized carbons (Fsp3) is 1.00. The maximum Gasteiger partial charge on any atom is 0.368 e. The van der Waals surface area contributed by atoms with Crippen molar-refractivity contribution in [3.05, 3.63) is 0 Å². The molecule has 1 atom stereocenters. The van der Waals surface area contributed by atoms with Crippen LogP contribution in [-0.2, 0) is 18.3 Å². The predicted octanol–water partition coefficient (Wildman–Crippen LogP) is 2.89. The van der Waals surface area contributed by atoms with E-state index in [9.17, 15) is 0 Å². The highest BCUT2D eigenvalue weighted by Gasteiger charge is 2.67. The number of hydrogen-bond donors (Lipinski definition) is 0. The van der Waals surface area contributed by atoms with E-state index in [0.29, 0.717) is 13.2 Å². The van der Waals surface area contributed by atoms with Crippen molar-refractivity contribution in [3.63, 3.8) is 0 Å². The van der Waals surface area contributed by atoms with Gasteiger partial charge in [-0.15, -0.1) is 0 Å². The molecular formula is C14H30O4Si. The summed E-state index contributed by atoms with van der Waals surface area (Å²) in [6.07, 6.45) is 1.92. The lowest BCUT2D eigenvalue weighted by molar-refractivity contribution is -0.217. The lowest BCUT2D eigenvalue weighted by atomic mass is 9.75. The number of methoxy groups -OCH3 is 1. The van der Waals surface area contributed by atoms with Gasteiger partial charge in [-0.25, -0.2) is 0 Å². The Labute approximate surface area is 119 Å². The molecule has 4 nitrogen and oxygen atoms in total. The zero-order valence-corrected chi connectivity index (χ0v) is 14.4. The van der Waals surface area contributed by atoms with Crippen molar-refractivity contribution in [2.45, 2.75) is 52.3 Å². The van der Waals surface area contributed by atoms with Crippen molar-refractivity contribution in [1.29, 1.82) is 0 Å². The van der Waals surface area contributed by atoms with Gasteiger partial charge in [-0.3, -0.25) is 0 Å². The molecule has 1 rings (SSSR count). The van der Waals surface area contributed by atoms with Crippen LogP contribution in [0.25, 0.3) is 0 Å². The Morgan fingerprint density at radius 3 is 1.84 bits per heavy atom. The summed E-state index contributed by atoms with van der Waals surface area (Å²) >= 11 is 0. The van der Waals surface area contributed by atoms with E-state index in [2.05, 4.69) is 20.4 Å². The lowest BCUT2D eigenvalue weighted by Crippen LogP contribution is -2.74. The number of rotatable bonds is 9. The van der Waals surface area contributed by atoms with Crippen molar-refractivity contribution in [2.75, 3.05) is 33.5 Å². The highest BCUT2D eigenvalue weighted by molar-refractivity contribution is 6.69. The fourth-order valence-corrected chi connectivity index (χ4v) is 7.57. The van der Waals surface area contributed by atoms with Gasteiger partial charge in [-0.05, 0) is 33.2 Å². The van der Waals surface area contributed by atoms with Crippen molar-refractivity contribution in [2.24, 2.45) is 5.41 Å². The van der Waals surface area contributed by atoms with Gasteiger partial charge in [0.15, 0.2) is 0 Å². The predicted molar refractivity (Wildman–Crippen MR) is 78.4 cm³/mol. The van der Waals surface area contributed by atoms with Gasteiger partial charge < -0.3 is 18.3 Å². The maximum atomic E-state index is 6.14. The molecule has 0 aromatic heterocycles. The van der Waals surface area contributed by atoms with Gasteiger partial charge in [-0.1, -0.05) is 13.8 Å². The number of hydrogen-bond acceptors (Lipinski definition) is 4. The normalized spacial score (nSPS) is 21.8. The third-order valence-corrected chi connectivity index (χ3v) is 8.94. The van der Waals surface area contributed by atoms with Gasteiger partial charge >= 0.3 is 8.56 Å². The second kappa shape index (κ2) is 6.67. The Morgan fingerprint density at radius 2 is 1.63 bits per heavy atom. The van der Waals surface area contributed by atoms with Crippen LogP contribution in [0.5, 0.6) is 0 Å². The molecule has 0 radical (unpaired) electrons. The van der Waals surface area contributed by atoms with Gasteiger partial charge in [0.1, 0.15) is 5.22 Å². The van der Waals surface area contributed by atoms with Crippen LogP contribution < -0.4 is 0 Å². The quantitative estimate of drug-likeness (QED) is 0.612. The van der Waals surface area contributed by atoms with E-state index in [-0.39, 0.29) is 10.6 Å². The average Bonchev–Trinajstić information content (AvgIpc) is 2.34. The molecule has 1 saturated heterocycles. The molecule has 0 aromatic rings. The smallest absolute Gasteiger partial charge is 0.368 e. The minimum absolute atomic E-state index is 0.0296. The highest BCUT2D eigenvalue weighted by atomic mass is 28.4. The van der Waals surface area contributed by atoms with Crippen molar-refractivity contribution >= 4 is 8.56 Å². The molecule has 0 amide bonds. The summed E-state index contributed by atoms with van der Waals surface area (Å²) in [5.41, 5.74) is 0.0296. The maximum absolute atomic E-state index is 6.14. The molecule has 114 valence electrons. The molecule has 1 fully saturated rings. The van der Waals surface area contributed by atoms with Crippen LogP contribution in [-0.4, -0.2) is 47.3 Å². The first kappa shape index (κ1) is 17.1. The van der Waals surface area contributed by atoms with E-state index in [0.717, 1.165) is 26.1 Å². The topological polar surface area (TPSA) is 36.9 Å². The Morgan fingerprint density at radius 1 is 1.11 bits per heavy atom. The van der Waals surface area contributed by atoms with Crippen LogP contribution in [0.2, 0.25) is 6.55 Å². The summed E-state index contributed by atoms with van der Waals surface area (Å²) in [5.74, 6) is 0. The van der Waals surface area contributed by atoms with Gasteiger partial charge in [0.2, 0.25) is 0 Å². The van der Waals surface area contributed by atoms with Crippen LogP contribution in [0.15, 0.2) is 0 Å². The molecule has 0 spiro atoms. The Balaban J connectivity index is 3.21. The van der Waals surface area contributed by atoms with E-state index >= 15 is 0 Å². The van der Waals surface area contributed by atoms with E-state index in [1.165, 1.54) is 0 Å². The molecule has 0 saturated carbocycles. The van der Waals surface area contributed by atoms with Crippen LogP contribution in [0.1, 0.15) is 40.5 Å². The zero-order valence-electron chi connectivity index (χ0n) is 13.4. The van der Waals surface area contributed by atoms with E-state index in [1.54, 1.807) is 7.11 Å². The average molecular weight is 290 g/mol. The van der Waals surface area contributed by atoms with Crippen molar-refractivity contribution in [3.8, 4) is 0 Å². The van der Waals surface area contributed by atoms with Crippen LogP contribution in [0.4, 0.5) is 0 Å². The molecule has 1 unspecified atom stereocenters. The van der Waals surface area contributed by atoms with Gasteiger partial charge in [0, 0.05) is 25.7 Å². The third-order valence-electron chi connectivity index (χ3n) is 4.71. The molecule has 0 aromatic carbocycles. The van der Waals surface area contributed by atoms with E-state index < -0.39 is 8.56 Å². The van der Waals surface area contributed by atoms with Gasteiger partial charge in [0.25, 0.3) is 0 Å². The molecule has 1 aliphatic rings. The standard InChI is InChI=1S/C14H30O4Si/c1-7-13(11-16-12-13)14(8-2,15-5)19(6,17-9-3)18-10-4/h7-12H2,1-6H3. The van der Waals surface area contributed by atoms with Crippen LogP contribution in [0.3, 0.4) is 0 Å². The fourth-order valence-electron chi connectivity index (χ4n) is 3.62. The summed E-state index contributed by atoms with van der Waals surface area (Å²) in [6.45, 7) is 13.4. The van der Waals surface area contributed by atoms with E-state index in [1.807, 2.05) is 13.8 Å². The summed E-state index contributed by atoms with van der Waals surface area (Å²) in [5, 5.41) is -0.348. The Kier molecular flexibility index (Phi) is 6.01. The number of ether oxygens (including phenoxy) is 2. The van der Waals surface area contributed by atoms with Crippen molar-refractivity contribution in [1.82, 2.24) is 0 Å². The van der Waals surface area contributed by atoms with Crippen molar-refractivity contribution < 1.29 is 18.3 Å². The monoisotopic (exact) mass is 290 g/mol. The first-order valence-corrected chi connectivity index (χ1v) is 9.73. The van der Waals surface area contributed by atoms with Crippen LogP contribution in [0, 0.1) is 5.41 Å². The molecule has 0 N–H and O–H groups in total. The van der Waals surface area contributed by atoms with E-state index in [4.69, 9.17) is 18.3 Å². The molecule has 0 bridgehead atoms. The first-order valence-electron chi connectivity index (χ1n) is 7.42. The molecule has 1 heterocycles. The molecule has 5 heteroatoms. The minimum Gasteiger partial charge on any atom is -0.393 e. The van der Waals surface area contributed by atoms with Crippen LogP contribution >= 0.6 is 0 Å². The van der Waals surface area contributed by atoms with Gasteiger partial charge in [-0.2, -0.15) is 0 Å². The Bertz CT molecular complexity index is 263. The Hall–Kier alpha value is 0.0569. The largest absolute Gasteiger partial charge is 0.393 e.